The van der Waals surface area contributed by atoms with Gasteiger partial charge in [0.1, 0.15) is 0 Å². The summed E-state index contributed by atoms with van der Waals surface area (Å²) >= 11 is 4.81. The quantitative estimate of drug-likeness (QED) is 0.688. The molecule has 0 saturated heterocycles. The minimum atomic E-state index is 0.0807. The SMILES string of the molecule is CCN(C(N)=S)c1ncccc1O. The van der Waals surface area contributed by atoms with E-state index in [9.17, 15) is 5.11 Å². The largest absolute Gasteiger partial charge is 0.504 e. The second-order valence-corrected chi connectivity index (χ2v) is 2.85. The van der Waals surface area contributed by atoms with E-state index in [1.54, 1.807) is 23.2 Å². The van der Waals surface area contributed by atoms with Crippen LogP contribution in [0.2, 0.25) is 0 Å². The smallest absolute Gasteiger partial charge is 0.177 e. The number of aromatic nitrogens is 1. The molecule has 1 heterocycles. The standard InChI is InChI=1S/C8H11N3OS/c1-2-11(8(9)13)7-6(12)4-3-5-10-7/h3-5,12H,2H2,1H3,(H2,9,13). The number of rotatable bonds is 2. The third kappa shape index (κ3) is 2.06. The molecule has 13 heavy (non-hydrogen) atoms. The fourth-order valence-electron chi connectivity index (χ4n) is 1.01. The average Bonchev–Trinajstić information content (AvgIpc) is 2.09. The third-order valence-electron chi connectivity index (χ3n) is 1.60. The number of hydrogen-bond acceptors (Lipinski definition) is 3. The molecular formula is C8H11N3OS. The molecule has 0 fully saturated rings. The van der Waals surface area contributed by atoms with Crippen LogP contribution in [-0.2, 0) is 0 Å². The Morgan fingerprint density at radius 2 is 2.46 bits per heavy atom. The maximum Gasteiger partial charge on any atom is 0.177 e. The van der Waals surface area contributed by atoms with E-state index in [0.29, 0.717) is 12.4 Å². The average molecular weight is 197 g/mol. The van der Waals surface area contributed by atoms with Gasteiger partial charge in [0.05, 0.1) is 0 Å². The predicted octanol–water partition coefficient (Wildman–Crippen LogP) is 0.857. The van der Waals surface area contributed by atoms with Crippen molar-refractivity contribution < 1.29 is 5.11 Å². The monoisotopic (exact) mass is 197 g/mol. The van der Waals surface area contributed by atoms with Crippen LogP contribution < -0.4 is 10.6 Å². The number of nitrogens with two attached hydrogens (primary N) is 1. The highest BCUT2D eigenvalue weighted by atomic mass is 32.1. The zero-order chi connectivity index (χ0) is 9.84. The first kappa shape index (κ1) is 9.73. The summed E-state index contributed by atoms with van der Waals surface area (Å²) in [4.78, 5) is 5.54. The highest BCUT2D eigenvalue weighted by molar-refractivity contribution is 7.80. The van der Waals surface area contributed by atoms with Crippen LogP contribution in [0.25, 0.3) is 0 Å². The summed E-state index contributed by atoms with van der Waals surface area (Å²) in [6.45, 7) is 2.47. The Hall–Kier alpha value is -1.36. The van der Waals surface area contributed by atoms with Crippen molar-refractivity contribution in [1.82, 2.24) is 4.98 Å². The van der Waals surface area contributed by atoms with Gasteiger partial charge in [-0.25, -0.2) is 4.98 Å². The van der Waals surface area contributed by atoms with Gasteiger partial charge < -0.3 is 15.7 Å². The van der Waals surface area contributed by atoms with Gasteiger partial charge in [-0.2, -0.15) is 0 Å². The first-order valence-corrected chi connectivity index (χ1v) is 4.28. The molecule has 0 aliphatic carbocycles. The Morgan fingerprint density at radius 3 is 2.92 bits per heavy atom. The van der Waals surface area contributed by atoms with Crippen LogP contribution in [0.5, 0.6) is 5.75 Å². The lowest BCUT2D eigenvalue weighted by Gasteiger charge is -2.19. The molecule has 1 aromatic heterocycles. The molecule has 0 aliphatic heterocycles. The minimum absolute atomic E-state index is 0.0807. The Morgan fingerprint density at radius 1 is 1.77 bits per heavy atom. The van der Waals surface area contributed by atoms with Crippen LogP contribution in [0.4, 0.5) is 5.82 Å². The fourth-order valence-corrected chi connectivity index (χ4v) is 1.22. The second-order valence-electron chi connectivity index (χ2n) is 2.43. The van der Waals surface area contributed by atoms with E-state index < -0.39 is 0 Å². The molecular weight excluding hydrogens is 186 g/mol. The van der Waals surface area contributed by atoms with Gasteiger partial charge in [-0.1, -0.05) is 0 Å². The molecule has 0 aromatic carbocycles. The lowest BCUT2D eigenvalue weighted by Crippen LogP contribution is -2.35. The fraction of sp³-hybridized carbons (Fsp3) is 0.250. The van der Waals surface area contributed by atoms with E-state index in [4.69, 9.17) is 18.0 Å². The van der Waals surface area contributed by atoms with Crippen LogP contribution in [0, 0.1) is 0 Å². The Labute approximate surface area is 82.0 Å². The number of thiocarbonyl (C=S) groups is 1. The summed E-state index contributed by atoms with van der Waals surface area (Å²) in [7, 11) is 0. The summed E-state index contributed by atoms with van der Waals surface area (Å²) in [5.41, 5.74) is 5.45. The van der Waals surface area contributed by atoms with Crippen LogP contribution in [0.15, 0.2) is 18.3 Å². The molecule has 0 saturated carbocycles. The molecule has 3 N–H and O–H groups in total. The minimum Gasteiger partial charge on any atom is -0.504 e. The molecule has 0 unspecified atom stereocenters. The van der Waals surface area contributed by atoms with Gasteiger partial charge in [-0.05, 0) is 31.3 Å². The Kier molecular flexibility index (Phi) is 3.02. The van der Waals surface area contributed by atoms with Crippen molar-refractivity contribution in [2.45, 2.75) is 6.92 Å². The molecule has 0 amide bonds. The van der Waals surface area contributed by atoms with Crippen LogP contribution in [0.3, 0.4) is 0 Å². The topological polar surface area (TPSA) is 62.4 Å². The summed E-state index contributed by atoms with van der Waals surface area (Å²) in [6.07, 6.45) is 1.58. The highest BCUT2D eigenvalue weighted by Gasteiger charge is 2.11. The van der Waals surface area contributed by atoms with E-state index in [-0.39, 0.29) is 10.9 Å². The van der Waals surface area contributed by atoms with Crippen molar-refractivity contribution in [1.29, 1.82) is 0 Å². The van der Waals surface area contributed by atoms with Crippen molar-refractivity contribution in [3.63, 3.8) is 0 Å². The Bertz CT molecular complexity index is 316. The van der Waals surface area contributed by atoms with Crippen molar-refractivity contribution in [2.24, 2.45) is 5.73 Å². The van der Waals surface area contributed by atoms with E-state index in [2.05, 4.69) is 4.98 Å². The number of nitrogens with zero attached hydrogens (tertiary/aromatic N) is 2. The van der Waals surface area contributed by atoms with Gasteiger partial charge in [0.15, 0.2) is 16.7 Å². The number of pyridine rings is 1. The highest BCUT2D eigenvalue weighted by Crippen LogP contribution is 2.22. The van der Waals surface area contributed by atoms with E-state index >= 15 is 0 Å². The van der Waals surface area contributed by atoms with Gasteiger partial charge in [0.2, 0.25) is 0 Å². The summed E-state index contributed by atoms with van der Waals surface area (Å²) in [6, 6.07) is 3.19. The lowest BCUT2D eigenvalue weighted by molar-refractivity contribution is 0.473. The second kappa shape index (κ2) is 4.04. The lowest BCUT2D eigenvalue weighted by atomic mass is 10.4. The molecule has 0 atom stereocenters. The van der Waals surface area contributed by atoms with Crippen LogP contribution in [-0.4, -0.2) is 21.7 Å². The molecule has 5 heteroatoms. The van der Waals surface area contributed by atoms with Crippen LogP contribution >= 0.6 is 12.2 Å². The molecule has 1 rings (SSSR count). The summed E-state index contributed by atoms with van der Waals surface area (Å²) in [5.74, 6) is 0.481. The van der Waals surface area contributed by atoms with Gasteiger partial charge in [0, 0.05) is 12.7 Å². The molecule has 70 valence electrons. The van der Waals surface area contributed by atoms with Gasteiger partial charge in [0.25, 0.3) is 0 Å². The first-order valence-electron chi connectivity index (χ1n) is 3.87. The zero-order valence-corrected chi connectivity index (χ0v) is 8.08. The zero-order valence-electron chi connectivity index (χ0n) is 7.27. The molecule has 0 spiro atoms. The molecule has 0 bridgehead atoms. The van der Waals surface area contributed by atoms with Crippen molar-refractivity contribution >= 4 is 23.1 Å². The normalized spacial score (nSPS) is 9.62. The van der Waals surface area contributed by atoms with Crippen molar-refractivity contribution in [2.75, 3.05) is 11.4 Å². The van der Waals surface area contributed by atoms with E-state index in [1.165, 1.54) is 0 Å². The number of hydrogen-bond donors (Lipinski definition) is 2. The van der Waals surface area contributed by atoms with Gasteiger partial charge >= 0.3 is 0 Å². The molecule has 1 aromatic rings. The molecule has 0 aliphatic rings. The maximum absolute atomic E-state index is 9.44. The third-order valence-corrected chi connectivity index (χ3v) is 1.82. The first-order chi connectivity index (χ1) is 6.16. The summed E-state index contributed by atoms with van der Waals surface area (Å²) < 4.78 is 0. The van der Waals surface area contributed by atoms with Crippen LogP contribution in [0.1, 0.15) is 6.92 Å². The number of aromatic hydroxyl groups is 1. The number of anilines is 1. The molecule has 4 nitrogen and oxygen atoms in total. The molecule has 0 radical (unpaired) electrons. The van der Waals surface area contributed by atoms with Gasteiger partial charge in [-0.15, -0.1) is 0 Å². The van der Waals surface area contributed by atoms with E-state index in [1.807, 2.05) is 6.92 Å². The van der Waals surface area contributed by atoms with Crippen molar-refractivity contribution in [3.8, 4) is 5.75 Å². The maximum atomic E-state index is 9.44. The Balaban J connectivity index is 3.04. The van der Waals surface area contributed by atoms with E-state index in [0.717, 1.165) is 0 Å². The van der Waals surface area contributed by atoms with Crippen molar-refractivity contribution in [3.05, 3.63) is 18.3 Å². The predicted molar refractivity (Wildman–Crippen MR) is 55.7 cm³/mol. The summed E-state index contributed by atoms with van der Waals surface area (Å²) in [5, 5.41) is 9.65. The van der Waals surface area contributed by atoms with Gasteiger partial charge in [-0.3, -0.25) is 0 Å².